The van der Waals surface area contributed by atoms with Crippen LogP contribution >= 0.6 is 0 Å². The van der Waals surface area contributed by atoms with E-state index in [1.54, 1.807) is 0 Å². The highest BCUT2D eigenvalue weighted by Crippen LogP contribution is 1.99. The van der Waals surface area contributed by atoms with E-state index in [0.29, 0.717) is 0 Å². The Morgan fingerprint density at radius 3 is 2.00 bits per heavy atom. The smallest absolute Gasteiger partial charge is 0.0942 e. The Morgan fingerprint density at radius 2 is 1.73 bits per heavy atom. The number of hydrogen-bond acceptors (Lipinski definition) is 2. The minimum atomic E-state index is 0.911. The molecule has 66 valence electrons. The van der Waals surface area contributed by atoms with Crippen molar-refractivity contribution in [1.82, 2.24) is 4.90 Å². The molecule has 0 aliphatic heterocycles. The van der Waals surface area contributed by atoms with Crippen LogP contribution in [0.5, 0.6) is 0 Å². The van der Waals surface area contributed by atoms with E-state index in [1.165, 1.54) is 0 Å². The zero-order chi connectivity index (χ0) is 8.69. The molecule has 0 fully saturated rings. The molecule has 0 aliphatic carbocycles. The Kier molecular flexibility index (Phi) is 5.71. The molecule has 0 aromatic carbocycles. The van der Waals surface area contributed by atoms with Crippen molar-refractivity contribution in [2.24, 2.45) is 5.73 Å². The highest BCUT2D eigenvalue weighted by molar-refractivity contribution is 4.93. The van der Waals surface area contributed by atoms with Gasteiger partial charge in [-0.05, 0) is 25.8 Å². The van der Waals surface area contributed by atoms with Gasteiger partial charge in [0.15, 0.2) is 0 Å². The lowest BCUT2D eigenvalue weighted by Gasteiger charge is -2.23. The van der Waals surface area contributed by atoms with Crippen LogP contribution in [0.1, 0.15) is 33.6 Å². The lowest BCUT2D eigenvalue weighted by molar-refractivity contribution is 0.340. The summed E-state index contributed by atoms with van der Waals surface area (Å²) in [6.07, 6.45) is 4.29. The van der Waals surface area contributed by atoms with Crippen molar-refractivity contribution in [1.29, 1.82) is 0 Å². The molecule has 0 aromatic rings. The van der Waals surface area contributed by atoms with E-state index in [2.05, 4.69) is 18.7 Å². The van der Waals surface area contributed by atoms with E-state index in [-0.39, 0.29) is 0 Å². The number of nitrogens with two attached hydrogens (primary N) is 1. The van der Waals surface area contributed by atoms with Gasteiger partial charge in [-0.1, -0.05) is 13.8 Å². The maximum atomic E-state index is 5.78. The lowest BCUT2D eigenvalue weighted by atomic mass is 10.3. The first-order valence-electron chi connectivity index (χ1n) is 4.42. The molecule has 0 atom stereocenters. The first-order valence-corrected chi connectivity index (χ1v) is 4.42. The quantitative estimate of drug-likeness (QED) is 0.659. The van der Waals surface area contributed by atoms with Gasteiger partial charge in [0.25, 0.3) is 0 Å². The number of allylic oxidation sites excluding steroid dienone is 1. The summed E-state index contributed by atoms with van der Waals surface area (Å²) in [5.41, 5.74) is 5.78. The van der Waals surface area contributed by atoms with Crippen LogP contribution in [-0.4, -0.2) is 18.0 Å². The zero-order valence-corrected chi connectivity index (χ0v) is 7.93. The Balaban J connectivity index is 3.87. The number of nitrogens with zero attached hydrogens (tertiary/aromatic N) is 1. The molecule has 2 N–H and O–H groups in total. The molecule has 0 unspecified atom stereocenters. The van der Waals surface area contributed by atoms with Crippen LogP contribution in [0.15, 0.2) is 11.9 Å². The first-order chi connectivity index (χ1) is 5.26. The molecule has 0 saturated heterocycles. The number of rotatable bonds is 5. The Morgan fingerprint density at radius 1 is 1.27 bits per heavy atom. The highest BCUT2D eigenvalue weighted by atomic mass is 15.2. The molecule has 0 radical (unpaired) electrons. The van der Waals surface area contributed by atoms with Crippen molar-refractivity contribution < 1.29 is 0 Å². The van der Waals surface area contributed by atoms with Crippen molar-refractivity contribution in [3.63, 3.8) is 0 Å². The van der Waals surface area contributed by atoms with Gasteiger partial charge in [0.05, 0.1) is 5.82 Å². The van der Waals surface area contributed by atoms with Crippen molar-refractivity contribution in [3.8, 4) is 0 Å². The molecule has 0 heterocycles. The summed E-state index contributed by atoms with van der Waals surface area (Å²) >= 11 is 0. The van der Waals surface area contributed by atoms with E-state index < -0.39 is 0 Å². The maximum Gasteiger partial charge on any atom is 0.0942 e. The van der Waals surface area contributed by atoms with Gasteiger partial charge in [0, 0.05) is 13.1 Å². The fraction of sp³-hybridized carbons (Fsp3) is 0.778. The van der Waals surface area contributed by atoms with Crippen LogP contribution in [-0.2, 0) is 0 Å². The maximum absolute atomic E-state index is 5.78. The van der Waals surface area contributed by atoms with E-state index in [1.807, 2.05) is 13.0 Å². The fourth-order valence-corrected chi connectivity index (χ4v) is 1.09. The third-order valence-electron chi connectivity index (χ3n) is 1.65. The molecule has 0 spiro atoms. The Hall–Kier alpha value is -0.660. The summed E-state index contributed by atoms with van der Waals surface area (Å²) in [6, 6.07) is 0. The second-order valence-electron chi connectivity index (χ2n) is 2.70. The van der Waals surface area contributed by atoms with Gasteiger partial charge in [-0.2, -0.15) is 0 Å². The number of hydrogen-bond donors (Lipinski definition) is 1. The SMILES string of the molecule is C/C=C(\N)N(CCC)CCC. The summed E-state index contributed by atoms with van der Waals surface area (Å²) in [4.78, 5) is 2.22. The van der Waals surface area contributed by atoms with E-state index in [9.17, 15) is 0 Å². The standard InChI is InChI=1S/C9H20N2/c1-4-7-11(8-5-2)9(10)6-3/h6H,4-5,7-8,10H2,1-3H3/b9-6+. The van der Waals surface area contributed by atoms with Crippen LogP contribution in [0, 0.1) is 0 Å². The van der Waals surface area contributed by atoms with E-state index >= 15 is 0 Å². The summed E-state index contributed by atoms with van der Waals surface area (Å²) in [7, 11) is 0. The molecule has 11 heavy (non-hydrogen) atoms. The second kappa shape index (κ2) is 6.08. The Bertz CT molecular complexity index is 113. The Labute approximate surface area is 70.1 Å². The minimum Gasteiger partial charge on any atom is -0.386 e. The van der Waals surface area contributed by atoms with Gasteiger partial charge >= 0.3 is 0 Å². The average molecular weight is 156 g/mol. The molecule has 0 aliphatic rings. The van der Waals surface area contributed by atoms with Crippen molar-refractivity contribution in [2.45, 2.75) is 33.6 Å². The highest BCUT2D eigenvalue weighted by Gasteiger charge is 2.00. The summed E-state index contributed by atoms with van der Waals surface area (Å²) in [5, 5.41) is 0. The molecular weight excluding hydrogens is 136 g/mol. The average Bonchev–Trinajstić information content (AvgIpc) is 2.03. The van der Waals surface area contributed by atoms with Gasteiger partial charge in [-0.25, -0.2) is 0 Å². The topological polar surface area (TPSA) is 29.3 Å². The van der Waals surface area contributed by atoms with E-state index in [4.69, 9.17) is 5.73 Å². The van der Waals surface area contributed by atoms with Gasteiger partial charge < -0.3 is 10.6 Å². The first kappa shape index (κ1) is 10.3. The monoisotopic (exact) mass is 156 g/mol. The summed E-state index contributed by atoms with van der Waals surface area (Å²) in [6.45, 7) is 8.47. The summed E-state index contributed by atoms with van der Waals surface area (Å²) in [5.74, 6) is 0.911. The molecule has 0 bridgehead atoms. The predicted molar refractivity (Wildman–Crippen MR) is 50.1 cm³/mol. The molecular formula is C9H20N2. The third-order valence-corrected chi connectivity index (χ3v) is 1.65. The van der Waals surface area contributed by atoms with Crippen molar-refractivity contribution >= 4 is 0 Å². The third kappa shape index (κ3) is 3.91. The molecule has 0 rings (SSSR count). The van der Waals surface area contributed by atoms with Gasteiger partial charge in [0.2, 0.25) is 0 Å². The van der Waals surface area contributed by atoms with Crippen LogP contribution < -0.4 is 5.73 Å². The van der Waals surface area contributed by atoms with Crippen molar-refractivity contribution in [2.75, 3.05) is 13.1 Å². The van der Waals surface area contributed by atoms with Gasteiger partial charge in [-0.15, -0.1) is 0 Å². The fourth-order valence-electron chi connectivity index (χ4n) is 1.09. The predicted octanol–water partition coefficient (Wildman–Crippen LogP) is 1.93. The van der Waals surface area contributed by atoms with Crippen LogP contribution in [0.25, 0.3) is 0 Å². The van der Waals surface area contributed by atoms with Crippen molar-refractivity contribution in [3.05, 3.63) is 11.9 Å². The second-order valence-corrected chi connectivity index (χ2v) is 2.70. The lowest BCUT2D eigenvalue weighted by Crippen LogP contribution is -2.29. The van der Waals surface area contributed by atoms with Crippen LogP contribution in [0.3, 0.4) is 0 Å². The molecule has 2 nitrogen and oxygen atoms in total. The molecule has 0 aromatic heterocycles. The van der Waals surface area contributed by atoms with Gasteiger partial charge in [-0.3, -0.25) is 0 Å². The van der Waals surface area contributed by atoms with Crippen LogP contribution in [0.2, 0.25) is 0 Å². The van der Waals surface area contributed by atoms with E-state index in [0.717, 1.165) is 31.8 Å². The zero-order valence-electron chi connectivity index (χ0n) is 7.93. The van der Waals surface area contributed by atoms with Crippen LogP contribution in [0.4, 0.5) is 0 Å². The minimum absolute atomic E-state index is 0.911. The molecule has 0 amide bonds. The largest absolute Gasteiger partial charge is 0.386 e. The molecule has 2 heteroatoms. The molecule has 0 saturated carbocycles. The summed E-state index contributed by atoms with van der Waals surface area (Å²) < 4.78 is 0. The normalized spacial score (nSPS) is 11.7. The van der Waals surface area contributed by atoms with Gasteiger partial charge in [0.1, 0.15) is 0 Å².